The first-order chi connectivity index (χ1) is 17.5. The largest absolute Gasteiger partial charge is 0.444 e. The summed E-state index contributed by atoms with van der Waals surface area (Å²) in [6.45, 7) is 4.04. The number of carbonyl (C=O) groups is 3. The fourth-order valence-corrected chi connectivity index (χ4v) is 5.01. The Labute approximate surface area is 222 Å². The number of piperidine rings is 1. The molecule has 192 valence electrons. The molecular formula is C29H30ClN3O4. The molecule has 0 saturated carbocycles. The molecule has 1 saturated heterocycles. The van der Waals surface area contributed by atoms with Crippen LogP contribution in [0, 0.1) is 6.92 Å². The molecule has 0 unspecified atom stereocenters. The lowest BCUT2D eigenvalue weighted by atomic mass is 9.99. The predicted molar refractivity (Wildman–Crippen MR) is 145 cm³/mol. The van der Waals surface area contributed by atoms with Gasteiger partial charge in [0.1, 0.15) is 6.61 Å². The number of carbonyl (C=O) groups excluding carboxylic acids is 3. The number of fused-ring (bicyclic) bond motifs is 1. The average Bonchev–Trinajstić information content (AvgIpc) is 2.90. The highest BCUT2D eigenvalue weighted by Crippen LogP contribution is 2.34. The van der Waals surface area contributed by atoms with Crippen LogP contribution in [0.3, 0.4) is 0 Å². The van der Waals surface area contributed by atoms with Crippen LogP contribution in [-0.2, 0) is 16.1 Å². The highest BCUT2D eigenvalue weighted by molar-refractivity contribution is 6.09. The number of hydrogen-bond donors (Lipinski definition) is 1. The average molecular weight is 520 g/mol. The molecular weight excluding hydrogens is 490 g/mol. The third kappa shape index (κ3) is 5.84. The molecule has 37 heavy (non-hydrogen) atoms. The third-order valence-electron chi connectivity index (χ3n) is 6.87. The summed E-state index contributed by atoms with van der Waals surface area (Å²) < 4.78 is 5.42. The molecule has 0 radical (unpaired) electrons. The number of amides is 2. The van der Waals surface area contributed by atoms with Crippen LogP contribution in [-0.4, -0.2) is 48.4 Å². The summed E-state index contributed by atoms with van der Waals surface area (Å²) in [6.07, 6.45) is 1.25. The van der Waals surface area contributed by atoms with Gasteiger partial charge in [0.25, 0.3) is 0 Å². The zero-order valence-corrected chi connectivity index (χ0v) is 21.5. The van der Waals surface area contributed by atoms with Gasteiger partial charge in [-0.05, 0) is 49.6 Å². The molecule has 8 heteroatoms. The number of cyclic esters (lactones) is 1. The van der Waals surface area contributed by atoms with Crippen molar-refractivity contribution in [2.45, 2.75) is 32.4 Å². The zero-order chi connectivity index (χ0) is 25.1. The smallest absolute Gasteiger partial charge is 0.414 e. The van der Waals surface area contributed by atoms with Gasteiger partial charge >= 0.3 is 6.09 Å². The van der Waals surface area contributed by atoms with E-state index < -0.39 is 0 Å². The molecule has 1 N–H and O–H groups in total. The van der Waals surface area contributed by atoms with E-state index in [1.165, 1.54) is 0 Å². The number of aryl methyl sites for hydroxylation is 1. The van der Waals surface area contributed by atoms with E-state index in [1.807, 2.05) is 48.2 Å². The van der Waals surface area contributed by atoms with E-state index >= 15 is 0 Å². The lowest BCUT2D eigenvalue weighted by molar-refractivity contribution is -0.117. The fraction of sp³-hybridized carbons (Fsp3) is 0.276. The molecule has 2 aliphatic rings. The number of hydrogen-bond acceptors (Lipinski definition) is 5. The molecule has 0 aliphatic carbocycles. The van der Waals surface area contributed by atoms with Crippen molar-refractivity contribution in [1.29, 1.82) is 0 Å². The molecule has 2 heterocycles. The summed E-state index contributed by atoms with van der Waals surface area (Å²) in [6, 6.07) is 22.1. The lowest BCUT2D eigenvalue weighted by Gasteiger charge is -2.40. The summed E-state index contributed by atoms with van der Waals surface area (Å²) in [7, 11) is 0. The second-order valence-corrected chi connectivity index (χ2v) is 9.34. The van der Waals surface area contributed by atoms with Gasteiger partial charge in [0.05, 0.1) is 12.2 Å². The number of anilines is 2. The fourth-order valence-electron chi connectivity index (χ4n) is 5.01. The lowest BCUT2D eigenvalue weighted by Crippen LogP contribution is -2.50. The molecule has 2 amide bonds. The minimum atomic E-state index is -0.290. The standard InChI is InChI=1S/C29H29N3O4.ClH/c1-20-6-5-9-23-19-36-29(35)32(27(20)23)25-14-16-31(17-15-25)18-26(33)30-24-12-10-22(11-13-24)28(34)21-7-3-2-4-8-21;/h2-13,25H,14-19H2,1H3,(H,30,33);1H. The maximum absolute atomic E-state index is 12.7. The van der Waals surface area contributed by atoms with Gasteiger partial charge in [-0.1, -0.05) is 48.5 Å². The van der Waals surface area contributed by atoms with E-state index in [4.69, 9.17) is 4.74 Å². The topological polar surface area (TPSA) is 79.0 Å². The van der Waals surface area contributed by atoms with Gasteiger partial charge in [0.2, 0.25) is 5.91 Å². The summed E-state index contributed by atoms with van der Waals surface area (Å²) in [4.78, 5) is 41.8. The van der Waals surface area contributed by atoms with E-state index in [9.17, 15) is 14.4 Å². The highest BCUT2D eigenvalue weighted by Gasteiger charge is 2.35. The number of likely N-dealkylation sites (tertiary alicyclic amines) is 1. The second kappa shape index (κ2) is 11.6. The number of ether oxygens (including phenoxy) is 1. The van der Waals surface area contributed by atoms with E-state index in [0.717, 1.165) is 29.7 Å². The van der Waals surface area contributed by atoms with Gasteiger partial charge in [-0.3, -0.25) is 19.4 Å². The van der Waals surface area contributed by atoms with Gasteiger partial charge < -0.3 is 10.1 Å². The first-order valence-corrected chi connectivity index (χ1v) is 12.3. The Balaban J connectivity index is 0.00000320. The minimum absolute atomic E-state index is 0. The van der Waals surface area contributed by atoms with E-state index in [-0.39, 0.29) is 42.8 Å². The van der Waals surface area contributed by atoms with Gasteiger partial charge in [-0.15, -0.1) is 12.4 Å². The number of para-hydroxylation sites is 1. The first-order valence-electron chi connectivity index (χ1n) is 12.3. The van der Waals surface area contributed by atoms with E-state index in [2.05, 4.69) is 10.2 Å². The summed E-state index contributed by atoms with van der Waals surface area (Å²) in [5.41, 5.74) is 4.94. The Bertz CT molecular complexity index is 1270. The molecule has 2 aliphatic heterocycles. The maximum atomic E-state index is 12.7. The number of halogens is 1. The highest BCUT2D eigenvalue weighted by atomic mass is 35.5. The van der Waals surface area contributed by atoms with Gasteiger partial charge in [0, 0.05) is 41.5 Å². The predicted octanol–water partition coefficient (Wildman–Crippen LogP) is 5.21. The van der Waals surface area contributed by atoms with Crippen LogP contribution in [0.1, 0.15) is 39.9 Å². The van der Waals surface area contributed by atoms with Crippen molar-refractivity contribution in [3.8, 4) is 0 Å². The molecule has 0 spiro atoms. The number of nitrogens with one attached hydrogen (secondary N) is 1. The Morgan fingerprint density at radius 2 is 1.59 bits per heavy atom. The van der Waals surface area contributed by atoms with Crippen molar-refractivity contribution in [3.63, 3.8) is 0 Å². The molecule has 3 aromatic rings. The Hall–Kier alpha value is -3.68. The first kappa shape index (κ1) is 26.4. The molecule has 3 aromatic carbocycles. The van der Waals surface area contributed by atoms with Crippen LogP contribution in [0.4, 0.5) is 16.2 Å². The molecule has 7 nitrogen and oxygen atoms in total. The van der Waals surface area contributed by atoms with E-state index in [0.29, 0.717) is 36.5 Å². The van der Waals surface area contributed by atoms with Crippen LogP contribution < -0.4 is 10.2 Å². The van der Waals surface area contributed by atoms with Crippen molar-refractivity contribution in [2.24, 2.45) is 0 Å². The molecule has 1 fully saturated rings. The number of rotatable bonds is 6. The summed E-state index contributed by atoms with van der Waals surface area (Å²) in [5, 5.41) is 2.92. The Kier molecular flexibility index (Phi) is 8.26. The SMILES string of the molecule is Cc1cccc2c1N(C1CCN(CC(=O)Nc3ccc(C(=O)c4ccccc4)cc3)CC1)C(=O)OC2.Cl. The third-order valence-corrected chi connectivity index (χ3v) is 6.87. The van der Waals surface area contributed by atoms with Crippen molar-refractivity contribution in [3.05, 3.63) is 95.1 Å². The zero-order valence-electron chi connectivity index (χ0n) is 20.7. The molecule has 0 aromatic heterocycles. The Morgan fingerprint density at radius 1 is 0.919 bits per heavy atom. The van der Waals surface area contributed by atoms with Gasteiger partial charge in [-0.25, -0.2) is 4.79 Å². The minimum Gasteiger partial charge on any atom is -0.444 e. The quantitative estimate of drug-likeness (QED) is 0.452. The molecule has 0 atom stereocenters. The molecule has 0 bridgehead atoms. The van der Waals surface area contributed by atoms with Crippen molar-refractivity contribution in [2.75, 3.05) is 29.9 Å². The van der Waals surface area contributed by atoms with Crippen LogP contribution in [0.5, 0.6) is 0 Å². The number of nitrogens with zero attached hydrogens (tertiary/aromatic N) is 2. The maximum Gasteiger partial charge on any atom is 0.414 e. The molecule has 5 rings (SSSR count). The van der Waals surface area contributed by atoms with Crippen molar-refractivity contribution in [1.82, 2.24) is 4.90 Å². The number of ketones is 1. The van der Waals surface area contributed by atoms with Crippen LogP contribution >= 0.6 is 12.4 Å². The summed E-state index contributed by atoms with van der Waals surface area (Å²) in [5.74, 6) is -0.152. The van der Waals surface area contributed by atoms with Crippen molar-refractivity contribution < 1.29 is 19.1 Å². The van der Waals surface area contributed by atoms with Gasteiger partial charge in [-0.2, -0.15) is 0 Å². The normalized spacial score (nSPS) is 15.8. The van der Waals surface area contributed by atoms with Crippen LogP contribution in [0.2, 0.25) is 0 Å². The number of benzene rings is 3. The summed E-state index contributed by atoms with van der Waals surface area (Å²) >= 11 is 0. The monoisotopic (exact) mass is 519 g/mol. The van der Waals surface area contributed by atoms with Crippen LogP contribution in [0.25, 0.3) is 0 Å². The van der Waals surface area contributed by atoms with E-state index in [1.54, 1.807) is 36.4 Å². The van der Waals surface area contributed by atoms with Crippen molar-refractivity contribution >= 4 is 41.6 Å². The second-order valence-electron chi connectivity index (χ2n) is 9.34. The van der Waals surface area contributed by atoms with Gasteiger partial charge in [0.15, 0.2) is 5.78 Å². The van der Waals surface area contributed by atoms with Crippen LogP contribution in [0.15, 0.2) is 72.8 Å². The Morgan fingerprint density at radius 3 is 2.30 bits per heavy atom.